The van der Waals surface area contributed by atoms with E-state index in [-0.39, 0.29) is 124 Å². The van der Waals surface area contributed by atoms with Gasteiger partial charge in [-0.1, -0.05) is 24.3 Å². The largest absolute Gasteiger partial charge is 0.505 e. The van der Waals surface area contributed by atoms with Crippen LogP contribution in [0, 0.1) is 0 Å². The average molecular weight is 816 g/mol. The van der Waals surface area contributed by atoms with Crippen LogP contribution in [0.25, 0.3) is 32.3 Å². The zero-order chi connectivity index (χ0) is 38.0. The molecule has 0 aliphatic heterocycles. The number of benzene rings is 6. The van der Waals surface area contributed by atoms with Gasteiger partial charge >= 0.3 is 0 Å². The third kappa shape index (κ3) is 10.1. The summed E-state index contributed by atoms with van der Waals surface area (Å²) in [5.74, 6) is -0.921. The van der Waals surface area contributed by atoms with Gasteiger partial charge < -0.3 is 10.8 Å². The second kappa shape index (κ2) is 17.8. The molecule has 4 radical (unpaired) electrons. The van der Waals surface area contributed by atoms with Crippen molar-refractivity contribution in [2.45, 2.75) is 19.6 Å². The topological polar surface area (TPSA) is 313 Å². The normalized spacial score (nSPS) is 12.3. The molecule has 0 heterocycles. The van der Waals surface area contributed by atoms with E-state index in [2.05, 4.69) is 20.5 Å². The number of fused-ring (bicyclic) bond motifs is 3. The number of nitrogen functional groups attached to an aromatic ring is 1. The number of aromatic hydroxyl groups is 1. The van der Waals surface area contributed by atoms with Crippen LogP contribution in [0.3, 0.4) is 0 Å². The number of azo groups is 2. The molecule has 7 N–H and O–H groups in total. The van der Waals surface area contributed by atoms with Crippen LogP contribution < -0.4 is 5.73 Å². The van der Waals surface area contributed by atoms with Crippen molar-refractivity contribution in [3.63, 3.8) is 0 Å². The Morgan fingerprint density at radius 1 is 0.464 bits per heavy atom. The predicted molar refractivity (Wildman–Crippen MR) is 209 cm³/mol. The summed E-state index contributed by atoms with van der Waals surface area (Å²) in [4.78, 5) is -2.72. The third-order valence-electron chi connectivity index (χ3n) is 7.61. The smallest absolute Gasteiger partial charge is 0.296 e. The minimum Gasteiger partial charge on any atom is -0.505 e. The SMILES string of the molecule is Nc1cc2c(O)c(N=Nc3ccc(N=Nc4ccc5c(S(=O)(=O)O)cccc5c4)c4ccc(S(=O)(=O)O)cc34)c(S(=O)(=O)O)cc2cc1S(=O)(=O)O.[Li].[Li].[Li].[Li]. The van der Waals surface area contributed by atoms with Gasteiger partial charge in [0.05, 0.1) is 27.6 Å². The van der Waals surface area contributed by atoms with Crippen molar-refractivity contribution < 1.29 is 57.0 Å². The molecular weight excluding hydrogens is 794 g/mol. The van der Waals surface area contributed by atoms with Crippen LogP contribution in [0.4, 0.5) is 28.4 Å². The molecule has 0 unspecified atom stereocenters. The molecule has 6 aromatic carbocycles. The summed E-state index contributed by atoms with van der Waals surface area (Å²) in [6, 6.07) is 17.0. The first-order valence-electron chi connectivity index (χ1n) is 14.0. The van der Waals surface area contributed by atoms with Crippen LogP contribution >= 0.6 is 0 Å². The summed E-state index contributed by atoms with van der Waals surface area (Å²) >= 11 is 0. The Morgan fingerprint density at radius 3 is 1.61 bits per heavy atom. The minimum absolute atomic E-state index is 0. The molecular formula is C30H21Li4N5O13S4. The third-order valence-corrected chi connectivity index (χ3v) is 11.1. The first-order chi connectivity index (χ1) is 24.1. The average Bonchev–Trinajstić information content (AvgIpc) is 3.04. The summed E-state index contributed by atoms with van der Waals surface area (Å²) in [5, 5.41) is 27.5. The molecule has 0 bridgehead atoms. The van der Waals surface area contributed by atoms with Crippen LogP contribution in [0.2, 0.25) is 0 Å². The number of hydrogen-bond donors (Lipinski definition) is 6. The molecule has 0 atom stereocenters. The zero-order valence-electron chi connectivity index (χ0n) is 29.6. The molecule has 0 aliphatic rings. The first kappa shape index (κ1) is 49.1. The predicted octanol–water partition coefficient (Wildman–Crippen LogP) is 4.73. The Bertz CT molecular complexity index is 3060. The van der Waals surface area contributed by atoms with Crippen molar-refractivity contribution >= 4 is 177 Å². The van der Waals surface area contributed by atoms with Crippen molar-refractivity contribution in [1.82, 2.24) is 0 Å². The van der Waals surface area contributed by atoms with Crippen LogP contribution in [-0.2, 0) is 40.5 Å². The molecule has 0 spiro atoms. The molecule has 0 saturated carbocycles. The summed E-state index contributed by atoms with van der Waals surface area (Å²) in [6.45, 7) is 0. The summed E-state index contributed by atoms with van der Waals surface area (Å²) < 4.78 is 134. The van der Waals surface area contributed by atoms with Crippen molar-refractivity contribution in [1.29, 1.82) is 0 Å². The molecule has 6 rings (SSSR count). The van der Waals surface area contributed by atoms with E-state index in [0.29, 0.717) is 5.39 Å². The summed E-state index contributed by atoms with van der Waals surface area (Å²) in [7, 11) is -19.3. The van der Waals surface area contributed by atoms with Gasteiger partial charge in [-0.25, -0.2) is 0 Å². The molecule has 26 heteroatoms. The van der Waals surface area contributed by atoms with Gasteiger partial charge in [0, 0.05) is 97.0 Å². The number of nitrogens with two attached hydrogens (primary N) is 1. The van der Waals surface area contributed by atoms with Gasteiger partial charge in [-0.15, -0.1) is 15.3 Å². The van der Waals surface area contributed by atoms with Gasteiger partial charge in [-0.05, 0) is 71.4 Å². The monoisotopic (exact) mass is 815 g/mol. The Hall–Kier alpha value is -3.07. The van der Waals surface area contributed by atoms with Gasteiger partial charge in [-0.2, -0.15) is 38.8 Å². The van der Waals surface area contributed by atoms with Crippen molar-refractivity contribution in [2.24, 2.45) is 20.5 Å². The molecule has 0 fully saturated rings. The van der Waals surface area contributed by atoms with Crippen LogP contribution in [0.5, 0.6) is 5.75 Å². The summed E-state index contributed by atoms with van der Waals surface area (Å²) in [6.07, 6.45) is 0. The van der Waals surface area contributed by atoms with Gasteiger partial charge in [0.15, 0.2) is 5.75 Å². The second-order valence-corrected chi connectivity index (χ2v) is 16.5. The first-order valence-corrected chi connectivity index (χ1v) is 19.8. The Kier molecular flexibility index (Phi) is 15.6. The minimum atomic E-state index is -5.18. The fraction of sp³-hybridized carbons (Fsp3) is 0. The zero-order valence-corrected chi connectivity index (χ0v) is 32.9. The quantitative estimate of drug-likeness (QED) is 0.0524. The van der Waals surface area contributed by atoms with Crippen LogP contribution in [0.1, 0.15) is 0 Å². The second-order valence-electron chi connectivity index (χ2n) is 11.0. The van der Waals surface area contributed by atoms with E-state index in [9.17, 15) is 57.0 Å². The van der Waals surface area contributed by atoms with E-state index >= 15 is 0 Å². The molecule has 56 heavy (non-hydrogen) atoms. The van der Waals surface area contributed by atoms with Gasteiger partial charge in [0.2, 0.25) is 0 Å². The Balaban J connectivity index is 0.00000271. The van der Waals surface area contributed by atoms with E-state index in [1.54, 1.807) is 6.07 Å². The Labute approximate surface area is 366 Å². The molecule has 0 aliphatic carbocycles. The van der Waals surface area contributed by atoms with Gasteiger partial charge in [0.1, 0.15) is 20.4 Å². The fourth-order valence-corrected chi connectivity index (χ4v) is 7.79. The number of hydrogen-bond acceptors (Lipinski definition) is 14. The van der Waals surface area contributed by atoms with Crippen LogP contribution in [0.15, 0.2) is 125 Å². The molecule has 0 saturated heterocycles. The molecule has 0 amide bonds. The van der Waals surface area contributed by atoms with Crippen molar-refractivity contribution in [3.05, 3.63) is 84.9 Å². The Morgan fingerprint density at radius 2 is 1.02 bits per heavy atom. The number of rotatable bonds is 8. The number of phenols is 1. The van der Waals surface area contributed by atoms with Gasteiger partial charge in [-0.3, -0.25) is 18.2 Å². The number of phenolic OH excluding ortho intramolecular Hbond substituents is 1. The molecule has 0 aromatic heterocycles. The van der Waals surface area contributed by atoms with Crippen molar-refractivity contribution in [3.8, 4) is 5.75 Å². The maximum absolute atomic E-state index is 12.3. The standard InChI is InChI=1S/C30H21N5O13S4.4Li/c31-23-14-21-16(11-27(23)51(43,44)45)12-28(52(46,47)48)29(30(21)36)35-34-25-9-8-24(20-7-5-18(13-22(20)25)49(37,38)39)33-32-17-4-6-19-15(10-17)2-1-3-26(19)50(40,41)42;;;;/h1-14,36H,31H2,(H,37,38,39)(H,40,41,42)(H,43,44,45)(H,46,47,48);;;;. The fourth-order valence-electron chi connectivity index (χ4n) is 5.28. The van der Waals surface area contributed by atoms with Gasteiger partial charge in [0.25, 0.3) is 40.5 Å². The van der Waals surface area contributed by atoms with E-state index < -0.39 is 72.3 Å². The molecule has 18 nitrogen and oxygen atoms in total. The number of nitrogens with zero attached hydrogens (tertiary/aromatic N) is 4. The summed E-state index contributed by atoms with van der Waals surface area (Å²) in [5.41, 5.74) is 4.59. The molecule has 6 aromatic rings. The van der Waals surface area contributed by atoms with Crippen molar-refractivity contribution in [2.75, 3.05) is 5.73 Å². The van der Waals surface area contributed by atoms with E-state index in [1.807, 2.05) is 0 Å². The van der Waals surface area contributed by atoms with Crippen LogP contribution in [-0.4, -0.2) is 132 Å². The maximum atomic E-state index is 12.3. The molecule has 272 valence electrons. The van der Waals surface area contributed by atoms with E-state index in [4.69, 9.17) is 5.73 Å². The number of anilines is 1. The maximum Gasteiger partial charge on any atom is 0.296 e. The van der Waals surface area contributed by atoms with E-state index in [0.717, 1.165) is 30.3 Å². The van der Waals surface area contributed by atoms with E-state index in [1.165, 1.54) is 48.5 Å².